The molecule has 1 aromatic heterocycles. The van der Waals surface area contributed by atoms with Gasteiger partial charge in [0.15, 0.2) is 0 Å². The summed E-state index contributed by atoms with van der Waals surface area (Å²) in [6.07, 6.45) is 0.176. The highest BCUT2D eigenvalue weighted by Crippen LogP contribution is 2.20. The van der Waals surface area contributed by atoms with Crippen LogP contribution in [0.1, 0.15) is 5.01 Å². The largest absolute Gasteiger partial charge is 0.461 e. The number of nitrogens with zero attached hydrogens (tertiary/aromatic N) is 2. The van der Waals surface area contributed by atoms with Crippen LogP contribution < -0.4 is 10.1 Å². The molecule has 0 aliphatic carbocycles. The average Bonchev–Trinajstić information content (AvgIpc) is 2.46. The highest BCUT2D eigenvalue weighted by Gasteiger charge is 2.21. The first kappa shape index (κ1) is 8.86. The molecule has 2 heterocycles. The van der Waals surface area contributed by atoms with E-state index in [0.29, 0.717) is 18.4 Å². The molecule has 1 fully saturated rings. The van der Waals surface area contributed by atoms with Gasteiger partial charge in [-0.2, -0.15) is 0 Å². The van der Waals surface area contributed by atoms with E-state index in [2.05, 4.69) is 15.5 Å². The molecule has 0 radical (unpaired) electrons. The molecule has 1 aliphatic rings. The maximum Gasteiger partial charge on any atom is 0.294 e. The normalized spacial score (nSPS) is 17.0. The third-order valence-corrected chi connectivity index (χ3v) is 2.47. The minimum absolute atomic E-state index is 0.176. The summed E-state index contributed by atoms with van der Waals surface area (Å²) >= 11 is 1.47. The van der Waals surface area contributed by atoms with Gasteiger partial charge >= 0.3 is 0 Å². The van der Waals surface area contributed by atoms with Crippen molar-refractivity contribution in [2.45, 2.75) is 12.6 Å². The molecule has 0 spiro atoms. The summed E-state index contributed by atoms with van der Waals surface area (Å²) in [4.78, 5) is 0. The summed E-state index contributed by atoms with van der Waals surface area (Å²) in [6.45, 7) is 2.07. The van der Waals surface area contributed by atoms with E-state index < -0.39 is 0 Å². The number of ether oxygens (including phenoxy) is 2. The first-order valence-corrected chi connectivity index (χ1v) is 4.91. The monoisotopic (exact) mass is 201 g/mol. The van der Waals surface area contributed by atoms with Crippen LogP contribution in [-0.2, 0) is 11.3 Å². The van der Waals surface area contributed by atoms with Crippen LogP contribution in [0.15, 0.2) is 0 Å². The van der Waals surface area contributed by atoms with Gasteiger partial charge in [0.05, 0.1) is 13.2 Å². The fraction of sp³-hybridized carbons (Fsp3) is 0.714. The van der Waals surface area contributed by atoms with Crippen LogP contribution >= 0.6 is 11.3 Å². The first-order valence-electron chi connectivity index (χ1n) is 4.10. The third kappa shape index (κ3) is 2.15. The van der Waals surface area contributed by atoms with Crippen molar-refractivity contribution in [3.05, 3.63) is 5.01 Å². The van der Waals surface area contributed by atoms with Gasteiger partial charge in [0.2, 0.25) is 0 Å². The van der Waals surface area contributed by atoms with Crippen molar-refractivity contribution >= 4 is 11.3 Å². The second-order valence-corrected chi connectivity index (χ2v) is 3.79. The molecule has 0 atom stereocenters. The standard InChI is InChI=1S/C7H11N3O2S/c1-8-2-6-9-10-7(13-6)12-5-3-11-4-5/h5,8H,2-4H2,1H3. The molecule has 2 rings (SSSR count). The van der Waals surface area contributed by atoms with E-state index in [9.17, 15) is 0 Å². The van der Waals surface area contributed by atoms with Crippen molar-refractivity contribution in [1.82, 2.24) is 15.5 Å². The van der Waals surface area contributed by atoms with Gasteiger partial charge in [-0.3, -0.25) is 0 Å². The fourth-order valence-corrected chi connectivity index (χ4v) is 1.70. The van der Waals surface area contributed by atoms with Crippen LogP contribution in [0.2, 0.25) is 0 Å². The molecule has 1 saturated heterocycles. The molecular formula is C7H11N3O2S. The molecule has 5 nitrogen and oxygen atoms in total. The van der Waals surface area contributed by atoms with Crippen molar-refractivity contribution in [1.29, 1.82) is 0 Å². The Hall–Kier alpha value is -0.720. The molecule has 0 aromatic carbocycles. The Kier molecular flexibility index (Phi) is 2.72. The van der Waals surface area contributed by atoms with Gasteiger partial charge in [-0.1, -0.05) is 16.4 Å². The SMILES string of the molecule is CNCc1nnc(OC2COC2)s1. The summed E-state index contributed by atoms with van der Waals surface area (Å²) in [6, 6.07) is 0. The molecule has 1 N–H and O–H groups in total. The van der Waals surface area contributed by atoms with Gasteiger partial charge in [-0.25, -0.2) is 0 Å². The van der Waals surface area contributed by atoms with E-state index in [4.69, 9.17) is 9.47 Å². The Balaban J connectivity index is 1.88. The lowest BCUT2D eigenvalue weighted by atomic mass is 10.3. The zero-order valence-corrected chi connectivity index (χ0v) is 8.13. The maximum atomic E-state index is 5.47. The maximum absolute atomic E-state index is 5.47. The molecule has 72 valence electrons. The predicted octanol–water partition coefficient (Wildman–Crippen LogP) is 0.0351. The molecule has 6 heteroatoms. The summed E-state index contributed by atoms with van der Waals surface area (Å²) < 4.78 is 10.4. The first-order chi connectivity index (χ1) is 6.38. The lowest BCUT2D eigenvalue weighted by Crippen LogP contribution is -2.38. The summed E-state index contributed by atoms with van der Waals surface area (Å²) in [5.74, 6) is 0. The van der Waals surface area contributed by atoms with E-state index in [1.807, 2.05) is 7.05 Å². The number of hydrogen-bond donors (Lipinski definition) is 1. The predicted molar refractivity (Wildman–Crippen MR) is 47.9 cm³/mol. The van der Waals surface area contributed by atoms with Crippen molar-refractivity contribution in [3.8, 4) is 5.19 Å². The molecule has 1 aliphatic heterocycles. The zero-order valence-electron chi connectivity index (χ0n) is 7.32. The van der Waals surface area contributed by atoms with Crippen molar-refractivity contribution in [2.24, 2.45) is 0 Å². The molecule has 0 bridgehead atoms. The van der Waals surface area contributed by atoms with E-state index in [1.165, 1.54) is 11.3 Å². The Bertz CT molecular complexity index is 274. The minimum atomic E-state index is 0.176. The van der Waals surface area contributed by atoms with Crippen LogP contribution in [-0.4, -0.2) is 36.6 Å². The van der Waals surface area contributed by atoms with Gasteiger partial charge in [0, 0.05) is 6.54 Å². The topological polar surface area (TPSA) is 56.3 Å². The molecular weight excluding hydrogens is 190 g/mol. The second-order valence-electron chi connectivity index (χ2n) is 2.77. The molecule has 0 unspecified atom stereocenters. The van der Waals surface area contributed by atoms with Crippen molar-refractivity contribution < 1.29 is 9.47 Å². The van der Waals surface area contributed by atoms with Crippen LogP contribution in [0.25, 0.3) is 0 Å². The third-order valence-electron chi connectivity index (χ3n) is 1.65. The van der Waals surface area contributed by atoms with Crippen molar-refractivity contribution in [2.75, 3.05) is 20.3 Å². The summed E-state index contributed by atoms with van der Waals surface area (Å²) in [7, 11) is 1.88. The molecule has 0 amide bonds. The Labute approximate surface area is 80.1 Å². The molecule has 13 heavy (non-hydrogen) atoms. The van der Waals surface area contributed by atoms with Crippen LogP contribution in [0.4, 0.5) is 0 Å². The zero-order chi connectivity index (χ0) is 9.10. The lowest BCUT2D eigenvalue weighted by Gasteiger charge is -2.24. The molecule has 1 aromatic rings. The quantitative estimate of drug-likeness (QED) is 0.745. The van der Waals surface area contributed by atoms with Gasteiger partial charge in [-0.15, -0.1) is 5.10 Å². The Morgan fingerprint density at radius 3 is 3.08 bits per heavy atom. The number of aromatic nitrogens is 2. The van der Waals surface area contributed by atoms with E-state index in [0.717, 1.165) is 11.6 Å². The van der Waals surface area contributed by atoms with E-state index in [1.54, 1.807) is 0 Å². The van der Waals surface area contributed by atoms with Gasteiger partial charge < -0.3 is 14.8 Å². The average molecular weight is 201 g/mol. The Morgan fingerprint density at radius 2 is 2.46 bits per heavy atom. The smallest absolute Gasteiger partial charge is 0.294 e. The van der Waals surface area contributed by atoms with E-state index in [-0.39, 0.29) is 6.10 Å². The van der Waals surface area contributed by atoms with Crippen LogP contribution in [0.3, 0.4) is 0 Å². The second kappa shape index (κ2) is 3.99. The van der Waals surface area contributed by atoms with Gasteiger partial charge in [-0.05, 0) is 7.05 Å². The number of hydrogen-bond acceptors (Lipinski definition) is 6. The van der Waals surface area contributed by atoms with E-state index >= 15 is 0 Å². The Morgan fingerprint density at radius 1 is 1.62 bits per heavy atom. The van der Waals surface area contributed by atoms with Crippen LogP contribution in [0, 0.1) is 0 Å². The minimum Gasteiger partial charge on any atom is -0.461 e. The van der Waals surface area contributed by atoms with Crippen molar-refractivity contribution in [3.63, 3.8) is 0 Å². The summed E-state index contributed by atoms with van der Waals surface area (Å²) in [5, 5.41) is 12.5. The highest BCUT2D eigenvalue weighted by atomic mass is 32.1. The fourth-order valence-electron chi connectivity index (χ4n) is 0.933. The number of rotatable bonds is 4. The molecule has 0 saturated carbocycles. The van der Waals surface area contributed by atoms with Crippen LogP contribution in [0.5, 0.6) is 5.19 Å². The van der Waals surface area contributed by atoms with Gasteiger partial charge in [0.1, 0.15) is 11.1 Å². The summed E-state index contributed by atoms with van der Waals surface area (Å²) in [5.41, 5.74) is 0. The lowest BCUT2D eigenvalue weighted by molar-refractivity contribution is -0.0799. The van der Waals surface area contributed by atoms with Gasteiger partial charge in [0.25, 0.3) is 5.19 Å². The highest BCUT2D eigenvalue weighted by molar-refractivity contribution is 7.13. The number of nitrogens with one attached hydrogen (secondary N) is 1.